The zero-order valence-corrected chi connectivity index (χ0v) is 57.7. The molecule has 4 aromatic heterocycles. The maximum absolute atomic E-state index is 15.1. The van der Waals surface area contributed by atoms with Crippen molar-refractivity contribution in [3.8, 4) is 17.5 Å². The Morgan fingerprint density at radius 3 is 1.63 bits per heavy atom. The summed E-state index contributed by atoms with van der Waals surface area (Å²) in [6, 6.07) is 34.3. The van der Waals surface area contributed by atoms with Gasteiger partial charge >= 0.3 is 5.97 Å². The molecule has 4 heterocycles. The number of carbonyl (C=O) groups is 5. The van der Waals surface area contributed by atoms with Gasteiger partial charge in [-0.1, -0.05) is 126 Å². The van der Waals surface area contributed by atoms with Crippen molar-refractivity contribution in [3.05, 3.63) is 202 Å². The maximum atomic E-state index is 15.1. The molecule has 21 heteroatoms. The Morgan fingerprint density at radius 2 is 1.12 bits per heavy atom. The zero-order valence-electron chi connectivity index (χ0n) is 55.7. The van der Waals surface area contributed by atoms with Gasteiger partial charge in [-0.2, -0.15) is 0 Å². The topological polar surface area (TPSA) is 236 Å². The van der Waals surface area contributed by atoms with Crippen LogP contribution < -0.4 is 14.2 Å². The summed E-state index contributed by atoms with van der Waals surface area (Å²) < 4.78 is 42.8. The number of pyridine rings is 2. The number of benzene rings is 3. The summed E-state index contributed by atoms with van der Waals surface area (Å²) in [5, 5.41) is 19.4. The first-order valence-electron chi connectivity index (χ1n) is 31.4. The molecule has 12 rings (SSSR count). The van der Waals surface area contributed by atoms with Crippen LogP contribution in [0.25, 0.3) is 5.76 Å². The monoisotopic (exact) mass is 1300 g/mol. The van der Waals surface area contributed by atoms with Gasteiger partial charge in [0.2, 0.25) is 17.3 Å². The molecule has 5 aliphatic rings. The summed E-state index contributed by atoms with van der Waals surface area (Å²) in [6.45, 7) is 22.9. The van der Waals surface area contributed by atoms with Gasteiger partial charge < -0.3 is 37.2 Å². The third kappa shape index (κ3) is 12.7. The minimum absolute atomic E-state index is 0.0404. The summed E-state index contributed by atoms with van der Waals surface area (Å²) in [6.07, 6.45) is 8.10. The van der Waals surface area contributed by atoms with Gasteiger partial charge in [0.1, 0.15) is 35.8 Å². The summed E-state index contributed by atoms with van der Waals surface area (Å²) in [5.41, 5.74) is 1.33. The number of Topliss-reactive ketones (excluding diaryl/α,β-unsaturated/α-hetero) is 3. The second kappa shape index (κ2) is 26.2. The summed E-state index contributed by atoms with van der Waals surface area (Å²) in [4.78, 5) is 82.3. The minimum atomic E-state index is -2.77. The van der Waals surface area contributed by atoms with E-state index in [0.717, 1.165) is 16.8 Å². The van der Waals surface area contributed by atoms with Crippen LogP contribution in [0.15, 0.2) is 154 Å². The number of esters is 1. The van der Waals surface area contributed by atoms with E-state index in [1.54, 1.807) is 55.7 Å². The summed E-state index contributed by atoms with van der Waals surface area (Å²) in [5.74, 6) is -2.08. The number of allylic oxidation sites excluding steroid dienone is 1. The Balaban J connectivity index is 0.000000168. The quantitative estimate of drug-likeness (QED) is 0.0461. The highest BCUT2D eigenvalue weighted by molar-refractivity contribution is 6.75. The highest BCUT2D eigenvalue weighted by atomic mass is 28.4. The smallest absolute Gasteiger partial charge is 0.345 e. The number of aliphatic hydroxyl groups excluding tert-OH is 1. The highest BCUT2D eigenvalue weighted by Crippen LogP contribution is 2.59. The fourth-order valence-corrected chi connectivity index (χ4v) is 15.6. The SMILES string of the molecule is CN(C)[C@@H]1c2onc(OCc3ccccc3)c2C(=O)[C@@]2(O[Si](C)(C)C(C)(C)C)C(=O)C3=C(O)c4cccnc4C[C@H]3C[C@@H]12.CN(C)[C@@H]1c2onc(OCc3ccccc3)c2C(=O)[C@@]2(O[Si](C)(C)C(C)(C)C)C(=O)C=CC[C@@H]12.Cc1ncccc1C(=O)Oc1ccccc1. The van der Waals surface area contributed by atoms with Crippen molar-refractivity contribution in [2.45, 2.75) is 140 Å². The molecule has 7 aromatic rings. The Hall–Kier alpha value is -8.32. The number of aryl methyl sites for hydroxylation is 1. The summed E-state index contributed by atoms with van der Waals surface area (Å²) >= 11 is 0. The molecule has 19 nitrogen and oxygen atoms in total. The number of aromatic nitrogens is 4. The number of aliphatic hydroxyl groups is 1. The fraction of sp³-hybridized carbons (Fsp3) is 0.403. The van der Waals surface area contributed by atoms with E-state index in [-0.39, 0.29) is 81.2 Å². The lowest BCUT2D eigenvalue weighted by Gasteiger charge is -2.55. The predicted octanol–water partition coefficient (Wildman–Crippen LogP) is 13.5. The minimum Gasteiger partial charge on any atom is -0.507 e. The van der Waals surface area contributed by atoms with Crippen molar-refractivity contribution < 1.29 is 61.2 Å². The van der Waals surface area contributed by atoms with Gasteiger partial charge in [0.05, 0.1) is 29.0 Å². The lowest BCUT2D eigenvalue weighted by atomic mass is 9.57. The molecule has 0 aliphatic heterocycles. The van der Waals surface area contributed by atoms with Gasteiger partial charge in [-0.15, -0.1) is 0 Å². The Labute approximate surface area is 545 Å². The molecule has 0 radical (unpaired) electrons. The fourth-order valence-electron chi connectivity index (χ4n) is 12.6. The predicted molar refractivity (Wildman–Crippen MR) is 355 cm³/mol. The number of ketones is 4. The van der Waals surface area contributed by atoms with Crippen LogP contribution in [0.4, 0.5) is 0 Å². The Morgan fingerprint density at radius 1 is 0.634 bits per heavy atom. The second-order valence-corrected chi connectivity index (χ2v) is 37.4. The molecule has 1 N–H and O–H groups in total. The van der Waals surface area contributed by atoms with Gasteiger partial charge in [0.25, 0.3) is 11.8 Å². The molecule has 5 aliphatic carbocycles. The zero-order chi connectivity index (χ0) is 67.2. The molecular weight excluding hydrogens is 1210 g/mol. The van der Waals surface area contributed by atoms with Crippen LogP contribution in [0.1, 0.15) is 137 Å². The van der Waals surface area contributed by atoms with Crippen molar-refractivity contribution in [1.29, 1.82) is 0 Å². The molecule has 0 bridgehead atoms. The van der Waals surface area contributed by atoms with Gasteiger partial charge in [0.15, 0.2) is 45.1 Å². The largest absolute Gasteiger partial charge is 0.507 e. The van der Waals surface area contributed by atoms with Crippen molar-refractivity contribution in [1.82, 2.24) is 30.1 Å². The van der Waals surface area contributed by atoms with E-state index in [1.165, 1.54) is 6.08 Å². The number of rotatable bonds is 14. The molecule has 1 saturated carbocycles. The van der Waals surface area contributed by atoms with Crippen LogP contribution in [-0.2, 0) is 38.1 Å². The number of para-hydroxylation sites is 1. The van der Waals surface area contributed by atoms with E-state index in [2.05, 4.69) is 74.9 Å². The average Bonchev–Trinajstić information content (AvgIpc) is 1.65. The van der Waals surface area contributed by atoms with Crippen LogP contribution in [-0.4, -0.2) is 120 Å². The average molecular weight is 1300 g/mol. The van der Waals surface area contributed by atoms with Crippen molar-refractivity contribution in [2.24, 2.45) is 17.8 Å². The second-order valence-electron chi connectivity index (χ2n) is 28.0. The van der Waals surface area contributed by atoms with E-state index in [1.807, 2.05) is 136 Å². The van der Waals surface area contributed by atoms with Crippen molar-refractivity contribution >= 4 is 51.5 Å². The van der Waals surface area contributed by atoms with Gasteiger partial charge in [-0.3, -0.25) is 38.9 Å². The Kier molecular flexibility index (Phi) is 19.1. The molecule has 0 spiro atoms. The van der Waals surface area contributed by atoms with Gasteiger partial charge in [-0.25, -0.2) is 4.79 Å². The third-order valence-electron chi connectivity index (χ3n) is 19.4. The molecular formula is C72H84N6O13Si2. The molecule has 0 saturated heterocycles. The van der Waals surface area contributed by atoms with Crippen LogP contribution in [0.3, 0.4) is 0 Å². The summed E-state index contributed by atoms with van der Waals surface area (Å²) in [7, 11) is 2.33. The maximum Gasteiger partial charge on any atom is 0.345 e. The molecule has 7 atom stereocenters. The number of ether oxygens (including phenoxy) is 3. The first-order valence-corrected chi connectivity index (χ1v) is 37.2. The van der Waals surface area contributed by atoms with E-state index in [4.69, 9.17) is 32.1 Å². The van der Waals surface area contributed by atoms with E-state index in [9.17, 15) is 19.5 Å². The molecule has 93 heavy (non-hydrogen) atoms. The number of fused-ring (bicyclic) bond motifs is 6. The van der Waals surface area contributed by atoms with Gasteiger partial charge in [0, 0.05) is 35.4 Å². The third-order valence-corrected chi connectivity index (χ3v) is 28.3. The molecule has 488 valence electrons. The van der Waals surface area contributed by atoms with Gasteiger partial charge in [-0.05, 0) is 160 Å². The Bertz CT molecular complexity index is 4000. The van der Waals surface area contributed by atoms with Crippen molar-refractivity contribution in [3.63, 3.8) is 0 Å². The van der Waals surface area contributed by atoms with E-state index in [0.29, 0.717) is 53.4 Å². The van der Waals surface area contributed by atoms with Crippen LogP contribution in [0.2, 0.25) is 36.3 Å². The van der Waals surface area contributed by atoms with Crippen LogP contribution in [0, 0.1) is 24.7 Å². The lowest BCUT2D eigenvalue weighted by Crippen LogP contribution is -2.68. The highest BCUT2D eigenvalue weighted by Gasteiger charge is 2.69. The number of carbonyl (C=O) groups excluding carboxylic acids is 5. The first kappa shape index (κ1) is 67.6. The normalized spacial score (nSPS) is 22.4. The molecule has 0 amide bonds. The van der Waals surface area contributed by atoms with Crippen LogP contribution in [0.5, 0.6) is 17.5 Å². The number of nitrogens with zero attached hydrogens (tertiary/aromatic N) is 6. The molecule has 1 fully saturated rings. The van der Waals surface area contributed by atoms with Crippen molar-refractivity contribution in [2.75, 3.05) is 28.2 Å². The lowest BCUT2D eigenvalue weighted by molar-refractivity contribution is -0.140. The van der Waals surface area contributed by atoms with Crippen LogP contribution >= 0.6 is 0 Å². The molecule has 0 unspecified atom stereocenters. The first-order chi connectivity index (χ1) is 43.9. The number of hydrogen-bond donors (Lipinski definition) is 1. The van der Waals surface area contributed by atoms with E-state index >= 15 is 9.59 Å². The molecule has 3 aromatic carbocycles. The van der Waals surface area contributed by atoms with E-state index < -0.39 is 63.1 Å². The number of hydrogen-bond acceptors (Lipinski definition) is 19. The standard InChI is InChI=1S/C33H39N3O6Si.C26H34N2O5Si.C13H11NO2/c1-32(2,3)43(6,7)42-33-22(16-20-17-23-21(14-11-15-34-23)27(37)24(20)29(33)38)26(36(4)5)28-25(30(33)39)31(35-41-28)40-18-19-12-9-8-10-13-19;1-25(2,3)34(6,7)33-26-18(14-11-15-19(26)29)21(28(4)5)22-20(23(26)30)24(27-32-22)31-16-17-12-9-8-10-13-17;1-10-12(8-5-9-14-10)13(15)16-11-6-3-2-4-7-11/h8-15,20,22,26,37H,16-18H2,1-7H3;8-13,15,18,21H,14,16H2,1-7H3;2-9H,1H3/t20-,22+,26+,33+;18-,21-,26-;/m10./s1.